The lowest BCUT2D eigenvalue weighted by Gasteiger charge is -2.25. The SMILES string of the molecule is O=C(CCN1C(=O)[C@H]2CC=CC[C@H]2C1=O)Nc1ccc(S(=O)(=O)N2CCCCC2)cc1. The van der Waals surface area contributed by atoms with Crippen LogP contribution >= 0.6 is 0 Å². The quantitative estimate of drug-likeness (QED) is 0.534. The number of benzene rings is 1. The number of anilines is 1. The second-order valence-corrected chi connectivity index (χ2v) is 10.2. The van der Waals surface area contributed by atoms with Crippen LogP contribution in [-0.4, -0.2) is 55.0 Å². The highest BCUT2D eigenvalue weighted by molar-refractivity contribution is 7.89. The van der Waals surface area contributed by atoms with Crippen molar-refractivity contribution in [2.45, 2.75) is 43.4 Å². The van der Waals surface area contributed by atoms with Gasteiger partial charge in [-0.05, 0) is 49.9 Å². The molecule has 1 aromatic rings. The molecule has 0 unspecified atom stereocenters. The fourth-order valence-electron chi connectivity index (χ4n) is 4.49. The van der Waals surface area contributed by atoms with Crippen molar-refractivity contribution in [1.29, 1.82) is 0 Å². The Morgan fingerprint density at radius 2 is 1.52 bits per heavy atom. The van der Waals surface area contributed by atoms with Gasteiger partial charge in [-0.3, -0.25) is 19.3 Å². The van der Waals surface area contributed by atoms with E-state index in [1.54, 1.807) is 12.1 Å². The smallest absolute Gasteiger partial charge is 0.243 e. The van der Waals surface area contributed by atoms with E-state index >= 15 is 0 Å². The van der Waals surface area contributed by atoms with Crippen molar-refractivity contribution in [3.63, 3.8) is 0 Å². The molecule has 4 rings (SSSR count). The number of hydrogen-bond donors (Lipinski definition) is 1. The van der Waals surface area contributed by atoms with Crippen LogP contribution < -0.4 is 5.32 Å². The van der Waals surface area contributed by atoms with Crippen LogP contribution in [0.4, 0.5) is 5.69 Å². The van der Waals surface area contributed by atoms with E-state index in [1.807, 2.05) is 12.2 Å². The summed E-state index contributed by atoms with van der Waals surface area (Å²) in [6.45, 7) is 1.12. The minimum atomic E-state index is -3.52. The van der Waals surface area contributed by atoms with Crippen LogP contribution in [0.25, 0.3) is 0 Å². The van der Waals surface area contributed by atoms with Crippen molar-refractivity contribution < 1.29 is 22.8 Å². The number of rotatable bonds is 6. The van der Waals surface area contributed by atoms with Crippen molar-refractivity contribution in [3.8, 4) is 0 Å². The molecule has 9 heteroatoms. The summed E-state index contributed by atoms with van der Waals surface area (Å²) in [7, 11) is -3.52. The summed E-state index contributed by atoms with van der Waals surface area (Å²) in [5.74, 6) is -1.32. The van der Waals surface area contributed by atoms with Crippen molar-refractivity contribution in [1.82, 2.24) is 9.21 Å². The first-order chi connectivity index (χ1) is 14.9. The number of sulfonamides is 1. The Labute approximate surface area is 182 Å². The average Bonchev–Trinajstić information content (AvgIpc) is 3.03. The molecule has 2 saturated heterocycles. The van der Waals surface area contributed by atoms with Crippen LogP contribution in [0, 0.1) is 11.8 Å². The van der Waals surface area contributed by atoms with Gasteiger partial charge in [-0.25, -0.2) is 8.42 Å². The molecule has 3 aliphatic rings. The highest BCUT2D eigenvalue weighted by Gasteiger charge is 2.46. The maximum absolute atomic E-state index is 12.7. The lowest BCUT2D eigenvalue weighted by molar-refractivity contribution is -0.140. The van der Waals surface area contributed by atoms with Gasteiger partial charge in [-0.1, -0.05) is 18.6 Å². The second-order valence-electron chi connectivity index (χ2n) is 8.27. The van der Waals surface area contributed by atoms with Crippen LogP contribution in [0.3, 0.4) is 0 Å². The molecule has 166 valence electrons. The molecule has 0 saturated carbocycles. The van der Waals surface area contributed by atoms with E-state index in [2.05, 4.69) is 5.32 Å². The minimum Gasteiger partial charge on any atom is -0.326 e. The maximum atomic E-state index is 12.7. The van der Waals surface area contributed by atoms with Crippen LogP contribution in [-0.2, 0) is 24.4 Å². The monoisotopic (exact) mass is 445 g/mol. The summed E-state index contributed by atoms with van der Waals surface area (Å²) in [6, 6.07) is 6.10. The summed E-state index contributed by atoms with van der Waals surface area (Å²) in [5, 5.41) is 2.71. The molecule has 2 fully saturated rings. The first-order valence-electron chi connectivity index (χ1n) is 10.8. The van der Waals surface area contributed by atoms with Crippen LogP contribution in [0.1, 0.15) is 38.5 Å². The number of carbonyl (C=O) groups excluding carboxylic acids is 3. The summed E-state index contributed by atoms with van der Waals surface area (Å²) in [6.07, 6.45) is 7.79. The van der Waals surface area contributed by atoms with Crippen LogP contribution in [0.15, 0.2) is 41.3 Å². The number of carbonyl (C=O) groups is 3. The predicted molar refractivity (Wildman–Crippen MR) is 114 cm³/mol. The van der Waals surface area contributed by atoms with Crippen molar-refractivity contribution in [2.75, 3.05) is 25.0 Å². The third-order valence-electron chi connectivity index (χ3n) is 6.25. The average molecular weight is 446 g/mol. The van der Waals surface area contributed by atoms with E-state index in [9.17, 15) is 22.8 Å². The van der Waals surface area contributed by atoms with Crippen molar-refractivity contribution in [3.05, 3.63) is 36.4 Å². The van der Waals surface area contributed by atoms with E-state index in [0.29, 0.717) is 31.6 Å². The Morgan fingerprint density at radius 1 is 0.935 bits per heavy atom. The molecule has 0 spiro atoms. The number of piperidine rings is 1. The van der Waals surface area contributed by atoms with Gasteiger partial charge >= 0.3 is 0 Å². The van der Waals surface area contributed by atoms with E-state index in [4.69, 9.17) is 0 Å². The molecule has 31 heavy (non-hydrogen) atoms. The fraction of sp³-hybridized carbons (Fsp3) is 0.500. The first-order valence-corrected chi connectivity index (χ1v) is 12.2. The standard InChI is InChI=1S/C22H27N3O5S/c26-20(12-15-25-21(27)18-6-2-3-7-19(18)22(25)28)23-16-8-10-17(11-9-16)31(29,30)24-13-4-1-5-14-24/h2-3,8-11,18-19H,1,4-7,12-15H2,(H,23,26)/t18-,19+. The molecule has 2 aliphatic heterocycles. The zero-order valence-corrected chi connectivity index (χ0v) is 18.1. The summed E-state index contributed by atoms with van der Waals surface area (Å²) in [5.41, 5.74) is 0.472. The van der Waals surface area contributed by atoms with Gasteiger partial charge in [-0.2, -0.15) is 4.31 Å². The van der Waals surface area contributed by atoms with Gasteiger partial charge in [0, 0.05) is 31.7 Å². The largest absolute Gasteiger partial charge is 0.326 e. The molecule has 2 heterocycles. The second kappa shape index (κ2) is 8.92. The van der Waals surface area contributed by atoms with Crippen molar-refractivity contribution in [2.24, 2.45) is 11.8 Å². The zero-order valence-electron chi connectivity index (χ0n) is 17.3. The number of likely N-dealkylation sites (tertiary alicyclic amines) is 1. The number of allylic oxidation sites excluding steroid dienone is 2. The highest BCUT2D eigenvalue weighted by Crippen LogP contribution is 2.35. The summed E-state index contributed by atoms with van der Waals surface area (Å²) in [4.78, 5) is 38.7. The topological polar surface area (TPSA) is 104 Å². The van der Waals surface area contributed by atoms with Gasteiger partial charge in [0.05, 0.1) is 16.7 Å². The first kappa shape index (κ1) is 21.7. The molecule has 3 amide bonds. The van der Waals surface area contributed by atoms with E-state index in [-0.39, 0.29) is 47.4 Å². The number of nitrogens with one attached hydrogen (secondary N) is 1. The van der Waals surface area contributed by atoms with Crippen molar-refractivity contribution >= 4 is 33.4 Å². The Balaban J connectivity index is 1.32. The third kappa shape index (κ3) is 4.43. The number of fused-ring (bicyclic) bond motifs is 1. The van der Waals surface area contributed by atoms with Gasteiger partial charge in [0.25, 0.3) is 0 Å². The van der Waals surface area contributed by atoms with E-state index in [1.165, 1.54) is 21.3 Å². The number of nitrogens with zero attached hydrogens (tertiary/aromatic N) is 2. The number of hydrogen-bond acceptors (Lipinski definition) is 5. The molecule has 1 aromatic carbocycles. The normalized spacial score (nSPS) is 24.3. The Bertz CT molecular complexity index is 970. The molecule has 1 aliphatic carbocycles. The fourth-order valence-corrected chi connectivity index (χ4v) is 6.01. The predicted octanol–water partition coefficient (Wildman–Crippen LogP) is 2.14. The molecular formula is C22H27N3O5S. The van der Waals surface area contributed by atoms with Crippen LogP contribution in [0.5, 0.6) is 0 Å². The van der Waals surface area contributed by atoms with Gasteiger partial charge in [0.2, 0.25) is 27.7 Å². The molecule has 2 atom stereocenters. The van der Waals surface area contributed by atoms with Gasteiger partial charge in [0.15, 0.2) is 0 Å². The molecular weight excluding hydrogens is 418 g/mol. The third-order valence-corrected chi connectivity index (χ3v) is 8.17. The highest BCUT2D eigenvalue weighted by atomic mass is 32.2. The maximum Gasteiger partial charge on any atom is 0.243 e. The molecule has 0 bridgehead atoms. The number of amides is 3. The Kier molecular flexibility index (Phi) is 6.24. The Morgan fingerprint density at radius 3 is 2.10 bits per heavy atom. The molecule has 8 nitrogen and oxygen atoms in total. The van der Waals surface area contributed by atoms with Gasteiger partial charge in [0.1, 0.15) is 0 Å². The minimum absolute atomic E-state index is 0.00181. The molecule has 1 N–H and O–H groups in total. The summed E-state index contributed by atoms with van der Waals surface area (Å²) >= 11 is 0. The Hall–Kier alpha value is -2.52. The zero-order chi connectivity index (χ0) is 22.0. The lowest BCUT2D eigenvalue weighted by atomic mass is 9.85. The van der Waals surface area contributed by atoms with Gasteiger partial charge in [-0.15, -0.1) is 0 Å². The molecule has 0 radical (unpaired) electrons. The lowest BCUT2D eigenvalue weighted by Crippen LogP contribution is -2.35. The molecule has 0 aromatic heterocycles. The van der Waals surface area contributed by atoms with Gasteiger partial charge < -0.3 is 5.32 Å². The summed E-state index contributed by atoms with van der Waals surface area (Å²) < 4.78 is 26.9. The van der Waals surface area contributed by atoms with E-state index in [0.717, 1.165) is 19.3 Å². The number of imide groups is 1. The van der Waals surface area contributed by atoms with E-state index < -0.39 is 10.0 Å². The van der Waals surface area contributed by atoms with Crippen LogP contribution in [0.2, 0.25) is 0 Å².